The molecule has 202 valence electrons. The number of hydrogen-bond acceptors (Lipinski definition) is 6. The average molecular weight is 538 g/mol. The van der Waals surface area contributed by atoms with E-state index in [2.05, 4.69) is 5.32 Å². The van der Waals surface area contributed by atoms with Gasteiger partial charge < -0.3 is 24.9 Å². The first kappa shape index (κ1) is 25.2. The van der Waals surface area contributed by atoms with E-state index in [0.717, 1.165) is 27.9 Å². The van der Waals surface area contributed by atoms with Crippen molar-refractivity contribution in [1.29, 1.82) is 0 Å². The van der Waals surface area contributed by atoms with Crippen molar-refractivity contribution in [3.8, 4) is 28.1 Å². The van der Waals surface area contributed by atoms with Gasteiger partial charge in [-0.2, -0.15) is 4.74 Å². The number of nitrogens with one attached hydrogen (secondary N) is 1. The standard InChI is InChI=1S/C30H27N5O5/c1-4-35-23(17-8-10-18(11-9-17)24-16(2)40-34(3)30(24)38)15-21-26(35)25(33-22-12-13-39-27(21)22)29(37)32-20-7-5-6-19(14-20)28(31)36/h5-11,14-15H,4,12-13H2,1-3H3,(H2,31,36)(H,32,37). The quantitative estimate of drug-likeness (QED) is 0.332. The number of aryl methyl sites for hydroxylation is 3. The summed E-state index contributed by atoms with van der Waals surface area (Å²) in [5, 5.41) is 3.68. The number of anilines is 1. The first-order valence-corrected chi connectivity index (χ1v) is 12.9. The second-order valence-electron chi connectivity index (χ2n) is 9.67. The highest BCUT2D eigenvalue weighted by atomic mass is 16.5. The number of primary amides is 1. The number of carbonyl (C=O) groups excluding carboxylic acids is 2. The molecule has 0 saturated heterocycles. The Morgan fingerprint density at radius 1 is 1.10 bits per heavy atom. The number of hydrogen-bond donors (Lipinski definition) is 2. The summed E-state index contributed by atoms with van der Waals surface area (Å²) in [6.45, 7) is 4.83. The van der Waals surface area contributed by atoms with Crippen LogP contribution in [0.15, 0.2) is 63.9 Å². The first-order valence-electron chi connectivity index (χ1n) is 12.9. The van der Waals surface area contributed by atoms with E-state index in [4.69, 9.17) is 20.0 Å². The molecular weight excluding hydrogens is 510 g/mol. The van der Waals surface area contributed by atoms with Crippen LogP contribution in [0.25, 0.3) is 33.3 Å². The van der Waals surface area contributed by atoms with E-state index in [0.29, 0.717) is 53.4 Å². The van der Waals surface area contributed by atoms with Crippen molar-refractivity contribution in [2.45, 2.75) is 26.8 Å². The topological polar surface area (TPSA) is 134 Å². The lowest BCUT2D eigenvalue weighted by Crippen LogP contribution is -2.17. The van der Waals surface area contributed by atoms with Crippen molar-refractivity contribution < 1.29 is 18.8 Å². The molecule has 3 N–H and O–H groups in total. The minimum atomic E-state index is -0.579. The number of nitrogens with zero attached hydrogens (tertiary/aromatic N) is 3. The Morgan fingerprint density at radius 3 is 2.52 bits per heavy atom. The lowest BCUT2D eigenvalue weighted by molar-refractivity contribution is 0.0995. The Balaban J connectivity index is 1.46. The van der Waals surface area contributed by atoms with Gasteiger partial charge in [0, 0.05) is 42.3 Å². The van der Waals surface area contributed by atoms with Gasteiger partial charge >= 0.3 is 0 Å². The van der Waals surface area contributed by atoms with E-state index < -0.39 is 11.8 Å². The number of carbonyl (C=O) groups is 2. The summed E-state index contributed by atoms with van der Waals surface area (Å²) in [6.07, 6.45) is 0.600. The molecule has 1 aliphatic rings. The Morgan fingerprint density at radius 2 is 1.85 bits per heavy atom. The van der Waals surface area contributed by atoms with Crippen LogP contribution in [-0.4, -0.2) is 32.7 Å². The average Bonchev–Trinajstić information content (AvgIpc) is 3.63. The summed E-state index contributed by atoms with van der Waals surface area (Å²) in [4.78, 5) is 42.5. The van der Waals surface area contributed by atoms with Crippen LogP contribution in [0.2, 0.25) is 0 Å². The van der Waals surface area contributed by atoms with E-state index in [1.807, 2.05) is 41.8 Å². The Hall–Kier alpha value is -5.12. The molecule has 0 spiro atoms. The van der Waals surface area contributed by atoms with Gasteiger partial charge in [-0.1, -0.05) is 30.3 Å². The van der Waals surface area contributed by atoms with E-state index in [1.54, 1.807) is 32.2 Å². The summed E-state index contributed by atoms with van der Waals surface area (Å²) in [6, 6.07) is 16.2. The van der Waals surface area contributed by atoms with E-state index in [-0.39, 0.29) is 11.3 Å². The van der Waals surface area contributed by atoms with Crippen LogP contribution in [-0.2, 0) is 20.0 Å². The van der Waals surface area contributed by atoms with E-state index in [1.165, 1.54) is 10.8 Å². The predicted molar refractivity (Wildman–Crippen MR) is 151 cm³/mol. The molecule has 0 saturated carbocycles. The maximum absolute atomic E-state index is 13.6. The van der Waals surface area contributed by atoms with Crippen LogP contribution in [0.1, 0.15) is 39.2 Å². The van der Waals surface area contributed by atoms with Crippen molar-refractivity contribution in [3.63, 3.8) is 0 Å². The van der Waals surface area contributed by atoms with Crippen molar-refractivity contribution >= 4 is 28.4 Å². The Kier molecular flexibility index (Phi) is 6.02. The lowest BCUT2D eigenvalue weighted by atomic mass is 10.0. The van der Waals surface area contributed by atoms with Gasteiger partial charge in [-0.05, 0) is 49.2 Å². The molecule has 0 atom stereocenters. The molecule has 3 aromatic heterocycles. The largest absolute Gasteiger partial charge is 0.491 e. The van der Waals surface area contributed by atoms with Gasteiger partial charge in [0.1, 0.15) is 11.5 Å². The fourth-order valence-corrected chi connectivity index (χ4v) is 5.35. The number of fused-ring (bicyclic) bond motifs is 3. The molecule has 10 heteroatoms. The van der Waals surface area contributed by atoms with Crippen molar-refractivity contribution in [1.82, 2.24) is 14.3 Å². The minimum Gasteiger partial charge on any atom is -0.491 e. The van der Waals surface area contributed by atoms with Gasteiger partial charge in [0.25, 0.3) is 11.5 Å². The van der Waals surface area contributed by atoms with Crippen LogP contribution in [0.4, 0.5) is 5.69 Å². The highest BCUT2D eigenvalue weighted by Crippen LogP contribution is 2.40. The summed E-state index contributed by atoms with van der Waals surface area (Å²) in [5.74, 6) is 0.260. The molecule has 0 unspecified atom stereocenters. The maximum Gasteiger partial charge on any atom is 0.290 e. The molecule has 0 radical (unpaired) electrons. The number of ether oxygens (including phenoxy) is 1. The molecule has 0 bridgehead atoms. The lowest BCUT2D eigenvalue weighted by Gasteiger charge is -2.13. The third-order valence-electron chi connectivity index (χ3n) is 7.19. The molecule has 2 amide bonds. The van der Waals surface area contributed by atoms with E-state index in [9.17, 15) is 14.4 Å². The second-order valence-corrected chi connectivity index (χ2v) is 9.67. The molecule has 40 heavy (non-hydrogen) atoms. The van der Waals surface area contributed by atoms with Gasteiger partial charge in [-0.15, -0.1) is 0 Å². The fraction of sp³-hybridized carbons (Fsp3) is 0.200. The predicted octanol–water partition coefficient (Wildman–Crippen LogP) is 4.28. The summed E-state index contributed by atoms with van der Waals surface area (Å²) in [5.41, 5.74) is 10.7. The Labute approximate surface area is 229 Å². The van der Waals surface area contributed by atoms with Crippen molar-refractivity contribution in [2.24, 2.45) is 12.8 Å². The number of benzene rings is 2. The van der Waals surface area contributed by atoms with Gasteiger partial charge in [-0.25, -0.2) is 4.98 Å². The van der Waals surface area contributed by atoms with Gasteiger partial charge in [0.2, 0.25) is 5.91 Å². The SMILES string of the molecule is CCn1c(-c2ccc(-c3c(C)on(C)c3=O)cc2)cc2c3c(nc(C(=O)Nc4cccc(C(N)=O)c4)c21)CCO3. The molecule has 2 aromatic carbocycles. The summed E-state index contributed by atoms with van der Waals surface area (Å²) < 4.78 is 14.7. The van der Waals surface area contributed by atoms with Crippen LogP contribution in [0.3, 0.4) is 0 Å². The van der Waals surface area contributed by atoms with Crippen LogP contribution in [0, 0.1) is 6.92 Å². The smallest absolute Gasteiger partial charge is 0.290 e. The zero-order chi connectivity index (χ0) is 28.1. The third kappa shape index (κ3) is 4.05. The fourth-order valence-electron chi connectivity index (χ4n) is 5.35. The second kappa shape index (κ2) is 9.57. The summed E-state index contributed by atoms with van der Waals surface area (Å²) in [7, 11) is 1.59. The third-order valence-corrected chi connectivity index (χ3v) is 7.19. The van der Waals surface area contributed by atoms with Crippen molar-refractivity contribution in [2.75, 3.05) is 11.9 Å². The van der Waals surface area contributed by atoms with Crippen molar-refractivity contribution in [3.05, 3.63) is 87.7 Å². The molecule has 6 rings (SSSR count). The maximum atomic E-state index is 13.6. The van der Waals surface area contributed by atoms with Crippen LogP contribution >= 0.6 is 0 Å². The van der Waals surface area contributed by atoms with Crippen LogP contribution < -0.4 is 21.3 Å². The number of nitrogens with two attached hydrogens (primary N) is 1. The number of rotatable bonds is 6. The Bertz CT molecular complexity index is 1880. The zero-order valence-electron chi connectivity index (χ0n) is 22.3. The molecule has 5 aromatic rings. The van der Waals surface area contributed by atoms with Gasteiger partial charge in [-0.3, -0.25) is 14.4 Å². The monoisotopic (exact) mass is 537 g/mol. The molecule has 4 heterocycles. The normalized spacial score (nSPS) is 12.4. The number of pyridine rings is 1. The molecule has 0 fully saturated rings. The molecule has 0 aliphatic carbocycles. The molecule has 10 nitrogen and oxygen atoms in total. The highest BCUT2D eigenvalue weighted by Gasteiger charge is 2.27. The molecule has 1 aliphatic heterocycles. The number of amides is 2. The zero-order valence-corrected chi connectivity index (χ0v) is 22.3. The number of aromatic nitrogens is 3. The van der Waals surface area contributed by atoms with Gasteiger partial charge in [0.05, 0.1) is 23.4 Å². The minimum absolute atomic E-state index is 0.191. The molecular formula is C30H27N5O5. The van der Waals surface area contributed by atoms with E-state index >= 15 is 0 Å². The summed E-state index contributed by atoms with van der Waals surface area (Å²) >= 11 is 0. The first-order chi connectivity index (χ1) is 19.3. The highest BCUT2D eigenvalue weighted by molar-refractivity contribution is 6.13. The van der Waals surface area contributed by atoms with Crippen LogP contribution in [0.5, 0.6) is 5.75 Å². The van der Waals surface area contributed by atoms with Gasteiger partial charge in [0.15, 0.2) is 5.69 Å².